The minimum atomic E-state index is -0.950. The van der Waals surface area contributed by atoms with Gasteiger partial charge in [-0.1, -0.05) is 28.1 Å². The van der Waals surface area contributed by atoms with Crippen molar-refractivity contribution in [3.05, 3.63) is 58.6 Å². The van der Waals surface area contributed by atoms with E-state index in [9.17, 15) is 4.79 Å². The highest BCUT2D eigenvalue weighted by Crippen LogP contribution is 2.20. The van der Waals surface area contributed by atoms with E-state index in [1.165, 1.54) is 0 Å². The minimum Gasteiger partial charge on any atom is -0.478 e. The Balaban J connectivity index is 2.17. The van der Waals surface area contributed by atoms with Crippen LogP contribution in [0.4, 0.5) is 0 Å². The number of imidazole rings is 1. The molecule has 0 saturated carbocycles. The lowest BCUT2D eigenvalue weighted by Crippen LogP contribution is -1.97. The van der Waals surface area contributed by atoms with E-state index in [-0.39, 0.29) is 0 Å². The molecule has 1 aromatic heterocycles. The van der Waals surface area contributed by atoms with Crippen LogP contribution in [0.15, 0.2) is 47.5 Å². The van der Waals surface area contributed by atoms with Gasteiger partial charge in [0.1, 0.15) is 0 Å². The lowest BCUT2D eigenvalue weighted by atomic mass is 10.1. The Kier molecular flexibility index (Phi) is 3.94. The number of nitrogens with zero attached hydrogens (tertiary/aromatic N) is 2. The predicted octanol–water partition coefficient (Wildman–Crippen LogP) is 2.79. The molecule has 18 heavy (non-hydrogen) atoms. The van der Waals surface area contributed by atoms with Crippen LogP contribution in [0.3, 0.4) is 0 Å². The molecule has 0 amide bonds. The number of aromatic nitrogens is 2. The van der Waals surface area contributed by atoms with Crippen LogP contribution in [0.25, 0.3) is 6.08 Å². The van der Waals surface area contributed by atoms with Crippen molar-refractivity contribution in [1.82, 2.24) is 9.55 Å². The first-order chi connectivity index (χ1) is 8.65. The summed E-state index contributed by atoms with van der Waals surface area (Å²) in [6, 6.07) is 5.74. The number of benzene rings is 1. The number of carboxylic acid groups (broad SMARTS) is 1. The van der Waals surface area contributed by atoms with Crippen molar-refractivity contribution < 1.29 is 9.90 Å². The molecule has 1 aromatic carbocycles. The van der Waals surface area contributed by atoms with Crippen LogP contribution in [0, 0.1) is 0 Å². The Bertz CT molecular complexity index is 577. The summed E-state index contributed by atoms with van der Waals surface area (Å²) in [6.45, 7) is 0.726. The van der Waals surface area contributed by atoms with Crippen LogP contribution >= 0.6 is 15.9 Å². The first-order valence-electron chi connectivity index (χ1n) is 5.30. The fraction of sp³-hybridized carbons (Fsp3) is 0.0769. The third-order valence-electron chi connectivity index (χ3n) is 2.41. The molecule has 5 heteroatoms. The van der Waals surface area contributed by atoms with E-state index < -0.39 is 5.97 Å². The molecule has 4 nitrogen and oxygen atoms in total. The Labute approximate surface area is 113 Å². The van der Waals surface area contributed by atoms with Gasteiger partial charge in [0, 0.05) is 29.5 Å². The van der Waals surface area contributed by atoms with Crippen LogP contribution < -0.4 is 0 Å². The number of carbonyl (C=O) groups is 1. The van der Waals surface area contributed by atoms with Gasteiger partial charge < -0.3 is 9.67 Å². The molecule has 1 N–H and O–H groups in total. The lowest BCUT2D eigenvalue weighted by Gasteiger charge is -2.06. The Morgan fingerprint density at radius 2 is 2.33 bits per heavy atom. The predicted molar refractivity (Wildman–Crippen MR) is 72.1 cm³/mol. The van der Waals surface area contributed by atoms with Crippen LogP contribution in [0.2, 0.25) is 0 Å². The van der Waals surface area contributed by atoms with E-state index in [4.69, 9.17) is 5.11 Å². The van der Waals surface area contributed by atoms with Gasteiger partial charge in [0.2, 0.25) is 0 Å². The topological polar surface area (TPSA) is 55.1 Å². The Morgan fingerprint density at radius 3 is 2.94 bits per heavy atom. The second-order valence-corrected chi connectivity index (χ2v) is 4.61. The molecule has 0 fully saturated rings. The summed E-state index contributed by atoms with van der Waals surface area (Å²) in [5.74, 6) is -0.950. The maximum absolute atomic E-state index is 10.4. The van der Waals surface area contributed by atoms with E-state index in [0.717, 1.165) is 28.2 Å². The van der Waals surface area contributed by atoms with Gasteiger partial charge in [0.25, 0.3) is 0 Å². The molecule has 0 aliphatic rings. The highest BCUT2D eigenvalue weighted by Gasteiger charge is 2.01. The van der Waals surface area contributed by atoms with E-state index >= 15 is 0 Å². The fourth-order valence-electron chi connectivity index (χ4n) is 1.54. The van der Waals surface area contributed by atoms with Crippen LogP contribution in [0.1, 0.15) is 11.1 Å². The molecule has 1 heterocycles. The minimum absolute atomic E-state index is 0.726. The normalized spacial score (nSPS) is 10.9. The largest absolute Gasteiger partial charge is 0.478 e. The van der Waals surface area contributed by atoms with Gasteiger partial charge in [-0.2, -0.15) is 0 Å². The van der Waals surface area contributed by atoms with Crippen molar-refractivity contribution in [3.63, 3.8) is 0 Å². The average Bonchev–Trinajstić information content (AvgIpc) is 2.82. The highest BCUT2D eigenvalue weighted by atomic mass is 79.9. The van der Waals surface area contributed by atoms with Crippen LogP contribution in [0.5, 0.6) is 0 Å². The zero-order valence-electron chi connectivity index (χ0n) is 9.45. The third kappa shape index (κ3) is 3.30. The zero-order valence-corrected chi connectivity index (χ0v) is 11.0. The van der Waals surface area contributed by atoms with E-state index in [1.54, 1.807) is 18.6 Å². The summed E-state index contributed by atoms with van der Waals surface area (Å²) in [4.78, 5) is 14.4. The zero-order chi connectivity index (χ0) is 13.0. The molecule has 0 spiro atoms. The standard InChI is InChI=1S/C13H11BrN2O2/c14-12-7-10(2-4-13(17)18)1-3-11(12)8-16-6-5-15-9-16/h1-7,9H,8H2,(H,17,18)/b4-2+. The fourth-order valence-corrected chi connectivity index (χ4v) is 2.06. The van der Waals surface area contributed by atoms with Gasteiger partial charge in [-0.25, -0.2) is 9.78 Å². The van der Waals surface area contributed by atoms with Crippen molar-refractivity contribution in [2.24, 2.45) is 0 Å². The Hall–Kier alpha value is -1.88. The molecule has 0 bridgehead atoms. The summed E-state index contributed by atoms with van der Waals surface area (Å²) >= 11 is 3.48. The molecular weight excluding hydrogens is 296 g/mol. The van der Waals surface area contributed by atoms with E-state index in [2.05, 4.69) is 20.9 Å². The molecule has 0 aliphatic carbocycles. The smallest absolute Gasteiger partial charge is 0.328 e. The van der Waals surface area contributed by atoms with Gasteiger partial charge in [-0.15, -0.1) is 0 Å². The quantitative estimate of drug-likeness (QED) is 0.884. The van der Waals surface area contributed by atoms with Crippen molar-refractivity contribution in [2.45, 2.75) is 6.54 Å². The monoisotopic (exact) mass is 306 g/mol. The molecule has 92 valence electrons. The van der Waals surface area contributed by atoms with E-state index in [1.807, 2.05) is 29.0 Å². The summed E-state index contributed by atoms with van der Waals surface area (Å²) in [5, 5.41) is 8.56. The number of aliphatic carboxylic acids is 1. The van der Waals surface area contributed by atoms with Crippen molar-refractivity contribution in [2.75, 3.05) is 0 Å². The molecule has 0 unspecified atom stereocenters. The number of rotatable bonds is 4. The number of hydrogen-bond acceptors (Lipinski definition) is 2. The number of hydrogen-bond donors (Lipinski definition) is 1. The van der Waals surface area contributed by atoms with Gasteiger partial charge in [0.15, 0.2) is 0 Å². The SMILES string of the molecule is O=C(O)/C=C/c1ccc(Cn2ccnc2)c(Br)c1. The van der Waals surface area contributed by atoms with Gasteiger partial charge in [-0.3, -0.25) is 0 Å². The maximum atomic E-state index is 10.4. The summed E-state index contributed by atoms with van der Waals surface area (Å²) in [6.07, 6.45) is 8.07. The second-order valence-electron chi connectivity index (χ2n) is 3.76. The lowest BCUT2D eigenvalue weighted by molar-refractivity contribution is -0.131. The molecule has 0 atom stereocenters. The highest BCUT2D eigenvalue weighted by molar-refractivity contribution is 9.10. The Morgan fingerprint density at radius 1 is 1.50 bits per heavy atom. The summed E-state index contributed by atoms with van der Waals surface area (Å²) in [7, 11) is 0. The first kappa shape index (κ1) is 12.6. The molecular formula is C13H11BrN2O2. The van der Waals surface area contributed by atoms with Crippen LogP contribution in [-0.4, -0.2) is 20.6 Å². The summed E-state index contributed by atoms with van der Waals surface area (Å²) < 4.78 is 2.91. The molecule has 2 aromatic rings. The molecule has 2 rings (SSSR count). The third-order valence-corrected chi connectivity index (χ3v) is 3.15. The second kappa shape index (κ2) is 5.64. The van der Waals surface area contributed by atoms with Crippen molar-refractivity contribution in [3.8, 4) is 0 Å². The van der Waals surface area contributed by atoms with Crippen LogP contribution in [-0.2, 0) is 11.3 Å². The van der Waals surface area contributed by atoms with Gasteiger partial charge in [-0.05, 0) is 23.3 Å². The van der Waals surface area contributed by atoms with Gasteiger partial charge >= 0.3 is 5.97 Å². The summed E-state index contributed by atoms with van der Waals surface area (Å²) in [5.41, 5.74) is 1.96. The first-order valence-corrected chi connectivity index (χ1v) is 6.09. The number of carboxylic acids is 1. The maximum Gasteiger partial charge on any atom is 0.328 e. The van der Waals surface area contributed by atoms with Crippen molar-refractivity contribution in [1.29, 1.82) is 0 Å². The van der Waals surface area contributed by atoms with Crippen molar-refractivity contribution >= 4 is 28.0 Å². The molecule has 0 saturated heterocycles. The van der Waals surface area contributed by atoms with Gasteiger partial charge in [0.05, 0.1) is 6.33 Å². The number of halogens is 1. The molecule has 0 aliphatic heterocycles. The average molecular weight is 307 g/mol. The molecule has 0 radical (unpaired) electrons. The van der Waals surface area contributed by atoms with E-state index in [0.29, 0.717) is 0 Å².